The van der Waals surface area contributed by atoms with Gasteiger partial charge in [0.05, 0.1) is 23.0 Å². The number of sulfonamides is 1. The highest BCUT2D eigenvalue weighted by Crippen LogP contribution is 2.38. The molecule has 3 rings (SSSR count). The molecule has 1 aliphatic rings. The van der Waals surface area contributed by atoms with Crippen molar-refractivity contribution in [3.05, 3.63) is 54.1 Å². The summed E-state index contributed by atoms with van der Waals surface area (Å²) in [6, 6.07) is 9.40. The number of nitrogens with two attached hydrogens (primary N) is 1. The van der Waals surface area contributed by atoms with Crippen LogP contribution in [0.1, 0.15) is 18.9 Å². The molecule has 1 aliphatic heterocycles. The number of halogens is 3. The number of para-hydroxylation sites is 1. The second-order valence-corrected chi connectivity index (χ2v) is 7.53. The molecule has 9 heteroatoms. The van der Waals surface area contributed by atoms with Gasteiger partial charge in [-0.2, -0.15) is 13.2 Å². The molecule has 0 saturated heterocycles. The third-order valence-electron chi connectivity index (χ3n) is 4.01. The van der Waals surface area contributed by atoms with Crippen molar-refractivity contribution in [2.75, 3.05) is 4.31 Å². The maximum absolute atomic E-state index is 13.1. The molecular formula is C17H16F3N3O2S. The minimum Gasteiger partial charge on any atom is -0.321 e. The summed E-state index contributed by atoms with van der Waals surface area (Å²) < 4.78 is 66.2. The molecule has 1 atom stereocenters. The number of amidine groups is 1. The fraction of sp³-hybridized carbons (Fsp3) is 0.235. The fourth-order valence-electron chi connectivity index (χ4n) is 2.65. The van der Waals surface area contributed by atoms with E-state index < -0.39 is 27.8 Å². The van der Waals surface area contributed by atoms with Crippen molar-refractivity contribution in [3.63, 3.8) is 0 Å². The van der Waals surface area contributed by atoms with Gasteiger partial charge in [0.25, 0.3) is 10.0 Å². The number of anilines is 1. The van der Waals surface area contributed by atoms with E-state index in [4.69, 9.17) is 5.73 Å². The Hall–Kier alpha value is -2.39. The van der Waals surface area contributed by atoms with E-state index in [-0.39, 0.29) is 22.1 Å². The Bertz CT molecular complexity index is 971. The van der Waals surface area contributed by atoms with Crippen LogP contribution in [0, 0.1) is 0 Å². The van der Waals surface area contributed by atoms with Gasteiger partial charge in [-0.1, -0.05) is 25.1 Å². The van der Waals surface area contributed by atoms with Crippen LogP contribution in [0.4, 0.5) is 24.5 Å². The Morgan fingerprint density at radius 3 is 2.50 bits per heavy atom. The van der Waals surface area contributed by atoms with Gasteiger partial charge in [-0.05, 0) is 36.8 Å². The minimum atomic E-state index is -4.60. The predicted octanol–water partition coefficient (Wildman–Crippen LogP) is 3.68. The van der Waals surface area contributed by atoms with Crippen LogP contribution in [0.15, 0.2) is 58.4 Å². The van der Waals surface area contributed by atoms with Crippen molar-refractivity contribution in [3.8, 4) is 0 Å². The summed E-state index contributed by atoms with van der Waals surface area (Å²) in [6.07, 6.45) is -4.23. The molecule has 0 radical (unpaired) electrons. The molecular weight excluding hydrogens is 367 g/mol. The molecule has 0 aromatic heterocycles. The van der Waals surface area contributed by atoms with Crippen molar-refractivity contribution < 1.29 is 21.6 Å². The lowest BCUT2D eigenvalue weighted by molar-refractivity contribution is -0.137. The molecule has 138 valence electrons. The van der Waals surface area contributed by atoms with Gasteiger partial charge < -0.3 is 5.73 Å². The summed E-state index contributed by atoms with van der Waals surface area (Å²) in [7, 11) is -4.15. The Morgan fingerprint density at radius 1 is 1.15 bits per heavy atom. The van der Waals surface area contributed by atoms with Crippen LogP contribution in [0.3, 0.4) is 0 Å². The molecule has 0 amide bonds. The van der Waals surface area contributed by atoms with Crippen molar-refractivity contribution >= 4 is 27.2 Å². The number of alkyl halides is 3. The molecule has 0 spiro atoms. The maximum Gasteiger partial charge on any atom is 0.416 e. The topological polar surface area (TPSA) is 75.8 Å². The molecule has 5 nitrogen and oxygen atoms in total. The van der Waals surface area contributed by atoms with Crippen LogP contribution in [0.2, 0.25) is 0 Å². The summed E-state index contributed by atoms with van der Waals surface area (Å²) in [5, 5.41) is 0. The fourth-order valence-corrected chi connectivity index (χ4v) is 4.29. The number of hydrogen-bond acceptors (Lipinski definition) is 4. The van der Waals surface area contributed by atoms with E-state index in [0.717, 1.165) is 22.5 Å². The van der Waals surface area contributed by atoms with Gasteiger partial charge in [0, 0.05) is 0 Å². The molecule has 2 N–H and O–H groups in total. The highest BCUT2D eigenvalue weighted by Gasteiger charge is 2.38. The van der Waals surface area contributed by atoms with Gasteiger partial charge in [-0.25, -0.2) is 17.7 Å². The number of benzene rings is 2. The van der Waals surface area contributed by atoms with Gasteiger partial charge in [0.2, 0.25) is 0 Å². The molecule has 0 saturated carbocycles. The average molecular weight is 383 g/mol. The lowest BCUT2D eigenvalue weighted by Gasteiger charge is -2.32. The van der Waals surface area contributed by atoms with E-state index in [0.29, 0.717) is 6.42 Å². The van der Waals surface area contributed by atoms with Crippen LogP contribution < -0.4 is 10.0 Å². The van der Waals surface area contributed by atoms with Gasteiger partial charge in [0.1, 0.15) is 10.7 Å². The largest absolute Gasteiger partial charge is 0.416 e. The van der Waals surface area contributed by atoms with Crippen LogP contribution in [0.5, 0.6) is 0 Å². The van der Waals surface area contributed by atoms with Crippen LogP contribution >= 0.6 is 0 Å². The zero-order valence-corrected chi connectivity index (χ0v) is 14.6. The second-order valence-electron chi connectivity index (χ2n) is 5.77. The molecule has 2 aromatic carbocycles. The monoisotopic (exact) mass is 383 g/mol. The summed E-state index contributed by atoms with van der Waals surface area (Å²) in [4.78, 5) is 4.24. The first kappa shape index (κ1) is 18.4. The normalized spacial score (nSPS) is 17.4. The molecule has 1 heterocycles. The molecule has 0 aliphatic carbocycles. The van der Waals surface area contributed by atoms with Crippen molar-refractivity contribution in [1.29, 1.82) is 0 Å². The second kappa shape index (κ2) is 6.40. The van der Waals surface area contributed by atoms with E-state index >= 15 is 0 Å². The van der Waals surface area contributed by atoms with Gasteiger partial charge in [-0.15, -0.1) is 0 Å². The lowest BCUT2D eigenvalue weighted by atomic mass is 10.1. The lowest BCUT2D eigenvalue weighted by Crippen LogP contribution is -2.48. The maximum atomic E-state index is 13.1. The number of fused-ring (bicyclic) bond motifs is 1. The molecule has 0 fully saturated rings. The molecule has 2 aromatic rings. The average Bonchev–Trinajstić information content (AvgIpc) is 2.60. The summed E-state index contributed by atoms with van der Waals surface area (Å²) >= 11 is 0. The molecule has 26 heavy (non-hydrogen) atoms. The number of rotatable bonds is 3. The SMILES string of the molecule is CCC(N)C1=Nc2ccccc2S(=O)(=O)N1c1cccc(C(F)(F)F)c1. The third kappa shape index (κ3) is 3.08. The van der Waals surface area contributed by atoms with Crippen LogP contribution in [0.25, 0.3) is 0 Å². The van der Waals surface area contributed by atoms with E-state index in [1.807, 2.05) is 0 Å². The van der Waals surface area contributed by atoms with Gasteiger partial charge >= 0.3 is 6.18 Å². The summed E-state index contributed by atoms with van der Waals surface area (Å²) in [5.41, 5.74) is 5.13. The van der Waals surface area contributed by atoms with Crippen LogP contribution in [-0.2, 0) is 16.2 Å². The number of hydrogen-bond donors (Lipinski definition) is 1. The van der Waals surface area contributed by atoms with E-state index in [9.17, 15) is 21.6 Å². The Morgan fingerprint density at radius 2 is 1.85 bits per heavy atom. The highest BCUT2D eigenvalue weighted by molar-refractivity contribution is 7.93. The van der Waals surface area contributed by atoms with Gasteiger partial charge in [0.15, 0.2) is 0 Å². The first-order chi connectivity index (χ1) is 12.2. The van der Waals surface area contributed by atoms with Crippen molar-refractivity contribution in [1.82, 2.24) is 0 Å². The zero-order chi connectivity index (χ0) is 19.1. The summed E-state index contributed by atoms with van der Waals surface area (Å²) in [6.45, 7) is 1.74. The molecule has 1 unspecified atom stereocenters. The Kier molecular flexibility index (Phi) is 4.53. The first-order valence-corrected chi connectivity index (χ1v) is 9.26. The number of aliphatic imine (C=N–C) groups is 1. The number of nitrogens with zero attached hydrogens (tertiary/aromatic N) is 2. The Balaban J connectivity index is 2.25. The van der Waals surface area contributed by atoms with E-state index in [2.05, 4.69) is 4.99 Å². The molecule has 0 bridgehead atoms. The smallest absolute Gasteiger partial charge is 0.321 e. The third-order valence-corrected chi connectivity index (χ3v) is 5.79. The van der Waals surface area contributed by atoms with E-state index in [1.165, 1.54) is 24.3 Å². The van der Waals surface area contributed by atoms with Crippen LogP contribution in [-0.4, -0.2) is 20.3 Å². The van der Waals surface area contributed by atoms with Crippen molar-refractivity contribution in [2.24, 2.45) is 10.7 Å². The predicted molar refractivity (Wildman–Crippen MR) is 92.9 cm³/mol. The van der Waals surface area contributed by atoms with Crippen molar-refractivity contribution in [2.45, 2.75) is 30.5 Å². The standard InChI is InChI=1S/C17H16F3N3O2S/c1-2-13(21)16-22-14-8-3-4-9-15(14)26(24,25)23(16)12-7-5-6-11(10-12)17(18,19)20/h3-10,13H,2,21H2,1H3. The summed E-state index contributed by atoms with van der Waals surface area (Å²) in [5.74, 6) is -0.00877. The Labute approximate surface area is 149 Å². The minimum absolute atomic E-state index is 0.00877. The highest BCUT2D eigenvalue weighted by atomic mass is 32.2. The first-order valence-electron chi connectivity index (χ1n) is 7.82. The van der Waals surface area contributed by atoms with Gasteiger partial charge in [-0.3, -0.25) is 0 Å². The quantitative estimate of drug-likeness (QED) is 0.878. The van der Waals surface area contributed by atoms with E-state index in [1.54, 1.807) is 13.0 Å². The zero-order valence-electron chi connectivity index (χ0n) is 13.7.